The van der Waals surface area contributed by atoms with Gasteiger partial charge < -0.3 is 27.4 Å². The topological polar surface area (TPSA) is 121 Å². The highest BCUT2D eigenvalue weighted by Crippen LogP contribution is 2.14. The number of nitrogens with zero attached hydrogens (tertiary/aromatic N) is 3. The number of allylic oxidation sites excluding steroid dienone is 5. The van der Waals surface area contributed by atoms with E-state index in [-0.39, 0.29) is 12.0 Å². The van der Waals surface area contributed by atoms with Gasteiger partial charge in [-0.1, -0.05) is 36.9 Å². The lowest BCUT2D eigenvalue weighted by Gasteiger charge is -2.36. The smallest absolute Gasteiger partial charge is 0.189 e. The molecule has 1 saturated heterocycles. The lowest BCUT2D eigenvalue weighted by atomic mass is 10.1. The van der Waals surface area contributed by atoms with Crippen LogP contribution < -0.4 is 27.8 Å². The molecule has 2 aliphatic rings. The number of nitrogens with one attached hydrogen (secondary N) is 2. The zero-order chi connectivity index (χ0) is 22.6. The minimum Gasteiger partial charge on any atom is -0.370 e. The average Bonchev–Trinajstić information content (AvgIpc) is 2.75. The summed E-state index contributed by atoms with van der Waals surface area (Å²) < 4.78 is 0. The van der Waals surface area contributed by atoms with Crippen LogP contribution in [0.1, 0.15) is 6.42 Å². The Balaban J connectivity index is 2.00. The second kappa shape index (κ2) is 13.0. The van der Waals surface area contributed by atoms with Crippen molar-refractivity contribution >= 4 is 17.6 Å². The summed E-state index contributed by atoms with van der Waals surface area (Å²) >= 11 is 6.20. The summed E-state index contributed by atoms with van der Waals surface area (Å²) in [4.78, 5) is 8.89. The van der Waals surface area contributed by atoms with Gasteiger partial charge in [0.05, 0.1) is 6.04 Å². The predicted octanol–water partition coefficient (Wildman–Crippen LogP) is 0.890. The highest BCUT2D eigenvalue weighted by molar-refractivity contribution is 6.31. The first-order valence-corrected chi connectivity index (χ1v) is 10.8. The van der Waals surface area contributed by atoms with Gasteiger partial charge in [-0.15, -0.1) is 0 Å². The van der Waals surface area contributed by atoms with Gasteiger partial charge in [0.1, 0.15) is 0 Å². The maximum Gasteiger partial charge on any atom is 0.189 e. The van der Waals surface area contributed by atoms with Gasteiger partial charge in [0.15, 0.2) is 12.2 Å². The van der Waals surface area contributed by atoms with Crippen molar-refractivity contribution in [1.82, 2.24) is 20.4 Å². The first-order valence-electron chi connectivity index (χ1n) is 10.4. The third-order valence-corrected chi connectivity index (χ3v) is 5.27. The van der Waals surface area contributed by atoms with Crippen molar-refractivity contribution in [3.8, 4) is 0 Å². The molecule has 0 aromatic rings. The number of hydrogen-bond acceptors (Lipinski definition) is 6. The monoisotopic (exact) mass is 446 g/mol. The fourth-order valence-corrected chi connectivity index (χ4v) is 3.39. The van der Waals surface area contributed by atoms with Crippen LogP contribution in [0, 0.1) is 0 Å². The van der Waals surface area contributed by atoms with Gasteiger partial charge in [0, 0.05) is 36.9 Å². The SMILES string of the molecule is C=C(/C=C\C(=C)N1CCN(CCCN)CC1)C1/C=C/C(Cl)=C\C=C\NC(N=C(N)N)N1. The van der Waals surface area contributed by atoms with Gasteiger partial charge >= 0.3 is 0 Å². The lowest BCUT2D eigenvalue weighted by Crippen LogP contribution is -2.46. The van der Waals surface area contributed by atoms with E-state index in [2.05, 4.69) is 38.6 Å². The summed E-state index contributed by atoms with van der Waals surface area (Å²) in [7, 11) is 0. The second-order valence-electron chi connectivity index (χ2n) is 7.41. The van der Waals surface area contributed by atoms with Gasteiger partial charge in [-0.25, -0.2) is 4.99 Å². The Morgan fingerprint density at radius 1 is 1.23 bits per heavy atom. The van der Waals surface area contributed by atoms with E-state index in [9.17, 15) is 0 Å². The van der Waals surface area contributed by atoms with Gasteiger partial charge in [-0.05, 0) is 55.6 Å². The fraction of sp³-hybridized carbons (Fsp3) is 0.409. The molecule has 0 saturated carbocycles. The highest BCUT2D eigenvalue weighted by Gasteiger charge is 2.17. The van der Waals surface area contributed by atoms with Crippen LogP contribution in [0.5, 0.6) is 0 Å². The molecule has 0 aromatic carbocycles. The summed E-state index contributed by atoms with van der Waals surface area (Å²) in [5, 5.41) is 6.99. The first-order chi connectivity index (χ1) is 14.9. The molecule has 0 spiro atoms. The van der Waals surface area contributed by atoms with Gasteiger partial charge in [0.2, 0.25) is 0 Å². The number of nitrogens with two attached hydrogens (primary N) is 3. The van der Waals surface area contributed by atoms with E-state index >= 15 is 0 Å². The van der Waals surface area contributed by atoms with Crippen LogP contribution >= 0.6 is 11.6 Å². The Morgan fingerprint density at radius 3 is 2.65 bits per heavy atom. The summed E-state index contributed by atoms with van der Waals surface area (Å²) in [6.45, 7) is 14.2. The molecule has 2 heterocycles. The van der Waals surface area contributed by atoms with Crippen LogP contribution in [0.2, 0.25) is 0 Å². The van der Waals surface area contributed by atoms with E-state index in [1.165, 1.54) is 0 Å². The molecule has 0 aliphatic carbocycles. The van der Waals surface area contributed by atoms with Crippen LogP contribution in [0.4, 0.5) is 0 Å². The Hall–Kier alpha value is -2.52. The number of halogens is 1. The van der Waals surface area contributed by atoms with Gasteiger partial charge in [-0.3, -0.25) is 10.2 Å². The van der Waals surface area contributed by atoms with E-state index < -0.39 is 6.29 Å². The number of guanidine groups is 1. The molecule has 2 atom stereocenters. The molecular formula is C22H35ClN8. The second-order valence-corrected chi connectivity index (χ2v) is 7.84. The van der Waals surface area contributed by atoms with Crippen molar-refractivity contribution in [3.63, 3.8) is 0 Å². The highest BCUT2D eigenvalue weighted by atomic mass is 35.5. The summed E-state index contributed by atoms with van der Waals surface area (Å²) in [6, 6.07) is -0.244. The van der Waals surface area contributed by atoms with Crippen molar-refractivity contribution in [2.45, 2.75) is 18.8 Å². The Labute approximate surface area is 190 Å². The third-order valence-electron chi connectivity index (χ3n) is 5.02. The van der Waals surface area contributed by atoms with E-state index in [0.29, 0.717) is 5.03 Å². The Kier molecular flexibility index (Phi) is 10.4. The minimum absolute atomic E-state index is 0.0214. The quantitative estimate of drug-likeness (QED) is 0.213. The number of piperazine rings is 1. The molecule has 2 rings (SSSR count). The largest absolute Gasteiger partial charge is 0.370 e. The molecule has 9 heteroatoms. The molecule has 0 aromatic heterocycles. The third kappa shape index (κ3) is 9.02. The molecule has 31 heavy (non-hydrogen) atoms. The molecule has 0 amide bonds. The Morgan fingerprint density at radius 2 is 1.97 bits per heavy atom. The Bertz CT molecular complexity index is 755. The van der Waals surface area contributed by atoms with E-state index in [0.717, 1.165) is 57.0 Å². The molecule has 8 nitrogen and oxygen atoms in total. The van der Waals surface area contributed by atoms with Gasteiger partial charge in [0.25, 0.3) is 0 Å². The van der Waals surface area contributed by atoms with E-state index in [4.69, 9.17) is 28.8 Å². The summed E-state index contributed by atoms with van der Waals surface area (Å²) in [5.74, 6) is -0.0214. The van der Waals surface area contributed by atoms with Crippen LogP contribution in [0.3, 0.4) is 0 Å². The van der Waals surface area contributed by atoms with Crippen LogP contribution in [0.15, 0.2) is 77.1 Å². The molecule has 0 radical (unpaired) electrons. The normalized spacial score (nSPS) is 26.4. The van der Waals surface area contributed by atoms with Crippen molar-refractivity contribution < 1.29 is 0 Å². The zero-order valence-corrected chi connectivity index (χ0v) is 18.8. The maximum atomic E-state index is 6.20. The summed E-state index contributed by atoms with van der Waals surface area (Å²) in [6.07, 6.45) is 13.5. The molecular weight excluding hydrogens is 412 g/mol. The molecule has 1 fully saturated rings. The van der Waals surface area contributed by atoms with Crippen molar-refractivity contribution in [2.24, 2.45) is 22.2 Å². The molecule has 8 N–H and O–H groups in total. The van der Waals surface area contributed by atoms with Crippen LogP contribution in [-0.2, 0) is 0 Å². The number of aliphatic imine (C=N–C) groups is 1. The maximum absolute atomic E-state index is 6.20. The lowest BCUT2D eigenvalue weighted by molar-refractivity contribution is 0.161. The van der Waals surface area contributed by atoms with Crippen LogP contribution in [0.25, 0.3) is 0 Å². The molecule has 0 bridgehead atoms. The summed E-state index contributed by atoms with van der Waals surface area (Å²) in [5.41, 5.74) is 18.5. The van der Waals surface area contributed by atoms with E-state index in [1.807, 2.05) is 24.3 Å². The fourth-order valence-electron chi connectivity index (χ4n) is 3.24. The molecule has 2 aliphatic heterocycles. The zero-order valence-electron chi connectivity index (χ0n) is 18.0. The predicted molar refractivity (Wildman–Crippen MR) is 131 cm³/mol. The number of rotatable bonds is 8. The van der Waals surface area contributed by atoms with Crippen molar-refractivity contribution in [3.05, 3.63) is 72.1 Å². The first kappa shape index (κ1) is 24.7. The molecule has 170 valence electrons. The van der Waals surface area contributed by atoms with Crippen LogP contribution in [-0.4, -0.2) is 67.4 Å². The number of hydrogen-bond donors (Lipinski definition) is 5. The minimum atomic E-state index is -0.517. The van der Waals surface area contributed by atoms with Crippen molar-refractivity contribution in [1.29, 1.82) is 0 Å². The molecule has 2 unspecified atom stereocenters. The average molecular weight is 447 g/mol. The van der Waals surface area contributed by atoms with Gasteiger partial charge in [-0.2, -0.15) is 0 Å². The standard InChI is InChI=1S/C22H35ClN8/c1-17(6-7-18(2)31-15-13-30(14-16-31)12-4-10-24)20-9-8-19(23)5-3-11-27-22(28-20)29-21(25)26/h3,5-9,11,20,22,27-28H,1-2,4,10,12-16,24H2,(H4,25,26,29)/b7-6-,9-8+,11-3+,19-5+. The van der Waals surface area contributed by atoms with Crippen molar-refractivity contribution in [2.75, 3.05) is 39.3 Å². The van der Waals surface area contributed by atoms with E-state index in [1.54, 1.807) is 18.4 Å².